The smallest absolute Gasteiger partial charge is 0.166 e. The Labute approximate surface area is 129 Å². The number of aliphatic hydroxyl groups excluding tert-OH is 2. The zero-order valence-electron chi connectivity index (χ0n) is 12.2. The molecule has 0 amide bonds. The van der Waals surface area contributed by atoms with Crippen LogP contribution in [0.2, 0.25) is 5.02 Å². The van der Waals surface area contributed by atoms with Crippen LogP contribution in [0.3, 0.4) is 0 Å². The van der Waals surface area contributed by atoms with Crippen molar-refractivity contribution in [2.45, 2.75) is 12.7 Å². The Balaban J connectivity index is 2.57. The highest BCUT2D eigenvalue weighted by atomic mass is 35.5. The maximum atomic E-state index is 9.77. The first kappa shape index (κ1) is 18.0. The number of methoxy groups -OCH3 is 2. The topological polar surface area (TPSA) is 77.4 Å². The molecule has 0 bridgehead atoms. The second-order valence-electron chi connectivity index (χ2n) is 4.29. The molecule has 7 heteroatoms. The Kier molecular flexibility index (Phi) is 8.41. The highest BCUT2D eigenvalue weighted by Crippen LogP contribution is 2.34. The molecule has 1 unspecified atom stereocenters. The van der Waals surface area contributed by atoms with Crippen molar-refractivity contribution in [3.05, 3.63) is 22.7 Å². The molecule has 0 aliphatic heterocycles. The minimum absolute atomic E-state index is 0.0119. The van der Waals surface area contributed by atoms with Crippen molar-refractivity contribution in [1.82, 2.24) is 0 Å². The van der Waals surface area contributed by atoms with Gasteiger partial charge in [-0.15, -0.1) is 0 Å². The average Bonchev–Trinajstić information content (AvgIpc) is 2.49. The summed E-state index contributed by atoms with van der Waals surface area (Å²) in [5, 5.41) is 19.5. The lowest BCUT2D eigenvalue weighted by Crippen LogP contribution is -2.24. The first-order chi connectivity index (χ1) is 10.1. The van der Waals surface area contributed by atoms with E-state index in [4.69, 9.17) is 30.5 Å². The molecule has 0 aliphatic rings. The van der Waals surface area contributed by atoms with Crippen LogP contribution in [0.5, 0.6) is 11.5 Å². The molecule has 1 rings (SSSR count). The summed E-state index contributed by atoms with van der Waals surface area (Å²) in [5.41, 5.74) is 0.492. The third-order valence-electron chi connectivity index (χ3n) is 2.65. The van der Waals surface area contributed by atoms with Gasteiger partial charge in [-0.3, -0.25) is 0 Å². The van der Waals surface area contributed by atoms with Gasteiger partial charge in [0, 0.05) is 23.8 Å². The lowest BCUT2D eigenvalue weighted by atomic mass is 10.2. The number of ether oxygens (including phenoxy) is 4. The Hall–Kier alpha value is -1.05. The molecule has 0 aliphatic carbocycles. The molecule has 1 aromatic carbocycles. The molecule has 6 nitrogen and oxygen atoms in total. The first-order valence-corrected chi connectivity index (χ1v) is 6.85. The Morgan fingerprint density at radius 2 is 1.95 bits per heavy atom. The summed E-state index contributed by atoms with van der Waals surface area (Å²) in [6.07, 6.45) is -0.797. The molecule has 0 heterocycles. The predicted molar refractivity (Wildman–Crippen MR) is 78.1 cm³/mol. The van der Waals surface area contributed by atoms with E-state index < -0.39 is 6.10 Å². The number of benzene rings is 1. The van der Waals surface area contributed by atoms with Gasteiger partial charge >= 0.3 is 0 Å². The molecule has 21 heavy (non-hydrogen) atoms. The minimum atomic E-state index is -0.797. The fourth-order valence-electron chi connectivity index (χ4n) is 1.64. The SMILES string of the molecule is COCCOCC(O)COc1c(CO)cc(Cl)cc1OC. The van der Waals surface area contributed by atoms with E-state index in [1.54, 1.807) is 19.2 Å². The van der Waals surface area contributed by atoms with E-state index in [0.29, 0.717) is 35.3 Å². The van der Waals surface area contributed by atoms with Gasteiger partial charge in [-0.2, -0.15) is 0 Å². The third-order valence-corrected chi connectivity index (χ3v) is 2.87. The van der Waals surface area contributed by atoms with Gasteiger partial charge < -0.3 is 29.2 Å². The zero-order chi connectivity index (χ0) is 15.7. The van der Waals surface area contributed by atoms with Gasteiger partial charge in [0.2, 0.25) is 0 Å². The van der Waals surface area contributed by atoms with Gasteiger partial charge in [0.05, 0.1) is 33.5 Å². The maximum absolute atomic E-state index is 9.77. The van der Waals surface area contributed by atoms with Crippen molar-refractivity contribution in [2.24, 2.45) is 0 Å². The third kappa shape index (κ3) is 6.07. The Morgan fingerprint density at radius 1 is 1.19 bits per heavy atom. The summed E-state index contributed by atoms with van der Waals surface area (Å²) in [4.78, 5) is 0. The van der Waals surface area contributed by atoms with Crippen molar-refractivity contribution in [3.8, 4) is 11.5 Å². The van der Waals surface area contributed by atoms with Crippen LogP contribution in [0.4, 0.5) is 0 Å². The molecule has 2 N–H and O–H groups in total. The highest BCUT2D eigenvalue weighted by Gasteiger charge is 2.14. The molecule has 1 atom stereocenters. The standard InChI is InChI=1S/C14H21ClO6/c1-18-3-4-20-8-12(17)9-21-14-10(7-16)5-11(15)6-13(14)19-2/h5-6,12,16-17H,3-4,7-9H2,1-2H3. The van der Waals surface area contributed by atoms with Crippen LogP contribution < -0.4 is 9.47 Å². The summed E-state index contributed by atoms with van der Waals surface area (Å²) in [6, 6.07) is 3.17. The highest BCUT2D eigenvalue weighted by molar-refractivity contribution is 6.30. The van der Waals surface area contributed by atoms with Crippen LogP contribution in [0.25, 0.3) is 0 Å². The van der Waals surface area contributed by atoms with Crippen molar-refractivity contribution in [2.75, 3.05) is 40.6 Å². The number of rotatable bonds is 10. The van der Waals surface area contributed by atoms with E-state index in [1.807, 2.05) is 0 Å². The normalized spacial score (nSPS) is 12.2. The van der Waals surface area contributed by atoms with Crippen molar-refractivity contribution in [1.29, 1.82) is 0 Å². The Bertz CT molecular complexity index is 401. The maximum Gasteiger partial charge on any atom is 0.166 e. The summed E-state index contributed by atoms with van der Waals surface area (Å²) in [5.74, 6) is 0.763. The van der Waals surface area contributed by atoms with E-state index in [-0.39, 0.29) is 19.8 Å². The average molecular weight is 321 g/mol. The van der Waals surface area contributed by atoms with Crippen molar-refractivity contribution < 1.29 is 29.2 Å². The summed E-state index contributed by atoms with van der Waals surface area (Å²) < 4.78 is 20.7. The quantitative estimate of drug-likeness (QED) is 0.632. The molecular weight excluding hydrogens is 300 g/mol. The monoisotopic (exact) mass is 320 g/mol. The van der Waals surface area contributed by atoms with Crippen LogP contribution in [0.15, 0.2) is 12.1 Å². The molecule has 0 saturated heterocycles. The van der Waals surface area contributed by atoms with Gasteiger partial charge in [0.1, 0.15) is 12.7 Å². The number of hydrogen-bond donors (Lipinski definition) is 2. The molecular formula is C14H21ClO6. The minimum Gasteiger partial charge on any atom is -0.493 e. The van der Waals surface area contributed by atoms with E-state index in [9.17, 15) is 10.2 Å². The summed E-state index contributed by atoms with van der Waals surface area (Å²) in [6.45, 7) is 0.769. The molecule has 0 radical (unpaired) electrons. The second-order valence-corrected chi connectivity index (χ2v) is 4.72. The molecule has 0 aromatic heterocycles. The summed E-state index contributed by atoms with van der Waals surface area (Å²) in [7, 11) is 3.05. The fraction of sp³-hybridized carbons (Fsp3) is 0.571. The van der Waals surface area contributed by atoms with Crippen LogP contribution >= 0.6 is 11.6 Å². The van der Waals surface area contributed by atoms with E-state index in [0.717, 1.165) is 0 Å². The largest absolute Gasteiger partial charge is 0.493 e. The first-order valence-electron chi connectivity index (χ1n) is 6.47. The van der Waals surface area contributed by atoms with Crippen LogP contribution in [0, 0.1) is 0 Å². The van der Waals surface area contributed by atoms with Crippen LogP contribution in [-0.4, -0.2) is 57.0 Å². The lowest BCUT2D eigenvalue weighted by Gasteiger charge is -2.17. The summed E-state index contributed by atoms with van der Waals surface area (Å²) >= 11 is 5.91. The van der Waals surface area contributed by atoms with E-state index in [1.165, 1.54) is 7.11 Å². The lowest BCUT2D eigenvalue weighted by molar-refractivity contribution is -0.00477. The van der Waals surface area contributed by atoms with E-state index >= 15 is 0 Å². The van der Waals surface area contributed by atoms with Gasteiger partial charge in [0.15, 0.2) is 11.5 Å². The Morgan fingerprint density at radius 3 is 2.57 bits per heavy atom. The van der Waals surface area contributed by atoms with Crippen molar-refractivity contribution >= 4 is 11.6 Å². The molecule has 1 aromatic rings. The predicted octanol–water partition coefficient (Wildman–Crippen LogP) is 1.24. The van der Waals surface area contributed by atoms with Crippen molar-refractivity contribution in [3.63, 3.8) is 0 Å². The van der Waals surface area contributed by atoms with Gasteiger partial charge in [-0.1, -0.05) is 11.6 Å². The van der Waals surface area contributed by atoms with Gasteiger partial charge in [-0.05, 0) is 6.07 Å². The van der Waals surface area contributed by atoms with Crippen LogP contribution in [-0.2, 0) is 16.1 Å². The second kappa shape index (κ2) is 9.81. The number of aliphatic hydroxyl groups is 2. The van der Waals surface area contributed by atoms with Gasteiger partial charge in [-0.25, -0.2) is 0 Å². The zero-order valence-corrected chi connectivity index (χ0v) is 12.9. The molecule has 0 spiro atoms. The number of hydrogen-bond acceptors (Lipinski definition) is 6. The molecule has 0 saturated carbocycles. The van der Waals surface area contributed by atoms with E-state index in [2.05, 4.69) is 0 Å². The molecule has 0 fully saturated rings. The number of halogens is 1. The van der Waals surface area contributed by atoms with Crippen LogP contribution in [0.1, 0.15) is 5.56 Å². The van der Waals surface area contributed by atoms with Gasteiger partial charge in [0.25, 0.3) is 0 Å². The molecule has 120 valence electrons. The fourth-order valence-corrected chi connectivity index (χ4v) is 1.88.